The molecule has 4 rings (SSSR count). The molecule has 0 saturated carbocycles. The zero-order valence-electron chi connectivity index (χ0n) is 21.8. The summed E-state index contributed by atoms with van der Waals surface area (Å²) in [5, 5.41) is 8.34. The highest BCUT2D eigenvalue weighted by atomic mass is 16.5. The molecule has 0 aliphatic carbocycles. The van der Waals surface area contributed by atoms with E-state index in [4.69, 9.17) is 4.74 Å². The number of carbonyl (C=O) groups is 4. The minimum Gasteiger partial charge on any atom is -0.361 e. The van der Waals surface area contributed by atoms with Gasteiger partial charge >= 0.3 is 0 Å². The van der Waals surface area contributed by atoms with Crippen LogP contribution in [0.3, 0.4) is 0 Å². The Labute approximate surface area is 222 Å². The fraction of sp³-hybridized carbons (Fsp3) is 0.429. The van der Waals surface area contributed by atoms with Gasteiger partial charge in [-0.3, -0.25) is 24.1 Å². The number of likely N-dealkylation sites (N-methyl/N-ethyl adjacent to an activating group) is 1. The van der Waals surface area contributed by atoms with E-state index in [0.29, 0.717) is 19.6 Å². The van der Waals surface area contributed by atoms with Crippen LogP contribution in [-0.2, 0) is 36.9 Å². The van der Waals surface area contributed by atoms with Gasteiger partial charge in [0.2, 0.25) is 17.7 Å². The van der Waals surface area contributed by atoms with E-state index in [1.54, 1.807) is 6.92 Å². The van der Waals surface area contributed by atoms with Gasteiger partial charge in [0, 0.05) is 39.6 Å². The van der Waals surface area contributed by atoms with Crippen LogP contribution in [0.15, 0.2) is 60.7 Å². The molecule has 2 bridgehead atoms. The molecule has 4 atom stereocenters. The van der Waals surface area contributed by atoms with E-state index in [2.05, 4.69) is 20.9 Å². The molecule has 202 valence electrons. The summed E-state index contributed by atoms with van der Waals surface area (Å²) in [6.07, 6.45) is -1.03. The summed E-state index contributed by atoms with van der Waals surface area (Å²) in [6.45, 7) is 2.98. The number of ether oxygens (including phenoxy) is 1. The van der Waals surface area contributed by atoms with Crippen LogP contribution in [0.4, 0.5) is 0 Å². The van der Waals surface area contributed by atoms with Gasteiger partial charge in [0.25, 0.3) is 5.91 Å². The third kappa shape index (κ3) is 7.39. The van der Waals surface area contributed by atoms with E-state index in [1.807, 2.05) is 60.7 Å². The molecule has 0 radical (unpaired) electrons. The molecule has 2 aliphatic heterocycles. The Morgan fingerprint density at radius 2 is 1.53 bits per heavy atom. The van der Waals surface area contributed by atoms with Crippen molar-refractivity contribution in [3.05, 3.63) is 71.8 Å². The monoisotopic (exact) mass is 521 g/mol. The van der Waals surface area contributed by atoms with Gasteiger partial charge in [0.05, 0.1) is 12.6 Å². The summed E-state index contributed by atoms with van der Waals surface area (Å²) in [4.78, 5) is 55.5. The summed E-state index contributed by atoms with van der Waals surface area (Å²) in [5.74, 6) is -1.64. The maximum atomic E-state index is 13.5. The lowest BCUT2D eigenvalue weighted by molar-refractivity contribution is -0.150. The number of rotatable bonds is 4. The average Bonchev–Trinajstić information content (AvgIpc) is 2.91. The van der Waals surface area contributed by atoms with Gasteiger partial charge in [-0.05, 0) is 18.1 Å². The smallest absolute Gasteiger partial charge is 0.251 e. The van der Waals surface area contributed by atoms with Crippen LogP contribution in [0.25, 0.3) is 0 Å². The number of hydrogen-bond acceptors (Lipinski definition) is 6. The van der Waals surface area contributed by atoms with E-state index >= 15 is 0 Å². The molecule has 2 aromatic rings. The van der Waals surface area contributed by atoms with Gasteiger partial charge in [-0.2, -0.15) is 0 Å². The lowest BCUT2D eigenvalue weighted by Gasteiger charge is -2.38. The van der Waals surface area contributed by atoms with Crippen LogP contribution in [0, 0.1) is 0 Å². The second kappa shape index (κ2) is 12.7. The number of hydrogen-bond donors (Lipinski definition) is 3. The third-order valence-electron chi connectivity index (χ3n) is 6.71. The molecule has 2 heterocycles. The topological polar surface area (TPSA) is 120 Å². The lowest BCUT2D eigenvalue weighted by atomic mass is 10.0. The minimum absolute atomic E-state index is 0.181. The van der Waals surface area contributed by atoms with Crippen LogP contribution in [0.1, 0.15) is 18.1 Å². The molecule has 2 aliphatic rings. The molecule has 0 aromatic heterocycles. The maximum absolute atomic E-state index is 13.5. The van der Waals surface area contributed by atoms with Crippen LogP contribution in [-0.4, -0.2) is 90.9 Å². The summed E-state index contributed by atoms with van der Waals surface area (Å²) in [5.41, 5.74) is 1.97. The van der Waals surface area contributed by atoms with Crippen molar-refractivity contribution in [2.75, 3.05) is 33.2 Å². The van der Waals surface area contributed by atoms with Gasteiger partial charge in [-0.25, -0.2) is 0 Å². The van der Waals surface area contributed by atoms with E-state index in [1.165, 1.54) is 11.9 Å². The number of nitrogens with zero attached hydrogens (tertiary/aromatic N) is 2. The standard InChI is InChI=1S/C28H35N5O5/c1-19-26(35)29-14-22-16-33(15-21-11-7-4-8-12-21)17-24(38-22)27(36)31-23(13-20-9-5-3-6-10-20)28(37)32(2)18-25(34)30-19/h3-12,19,22-24H,13-18H2,1-2H3,(H,29,35)(H,30,34)(H,31,36)/t19-,22+,23-,24-/m1/s1. The van der Waals surface area contributed by atoms with Gasteiger partial charge in [-0.1, -0.05) is 60.7 Å². The third-order valence-corrected chi connectivity index (χ3v) is 6.71. The quantitative estimate of drug-likeness (QED) is 0.524. The molecule has 2 fully saturated rings. The first kappa shape index (κ1) is 27.3. The summed E-state index contributed by atoms with van der Waals surface area (Å²) < 4.78 is 6.13. The number of nitrogens with one attached hydrogen (secondary N) is 3. The second-order valence-corrected chi connectivity index (χ2v) is 9.91. The van der Waals surface area contributed by atoms with E-state index in [9.17, 15) is 19.2 Å². The van der Waals surface area contributed by atoms with Crippen molar-refractivity contribution in [2.45, 2.75) is 44.2 Å². The lowest BCUT2D eigenvalue weighted by Crippen LogP contribution is -2.58. The minimum atomic E-state index is -0.892. The van der Waals surface area contributed by atoms with E-state index in [0.717, 1.165) is 11.1 Å². The Hall–Kier alpha value is -3.76. The molecule has 2 aromatic carbocycles. The highest BCUT2D eigenvalue weighted by Gasteiger charge is 2.36. The van der Waals surface area contributed by atoms with Crippen molar-refractivity contribution < 1.29 is 23.9 Å². The molecular weight excluding hydrogens is 486 g/mol. The molecule has 10 nitrogen and oxygen atoms in total. The van der Waals surface area contributed by atoms with Crippen LogP contribution < -0.4 is 16.0 Å². The Morgan fingerprint density at radius 1 is 0.868 bits per heavy atom. The fourth-order valence-electron chi connectivity index (χ4n) is 4.74. The Morgan fingerprint density at radius 3 is 2.21 bits per heavy atom. The van der Waals surface area contributed by atoms with E-state index < -0.39 is 42.0 Å². The normalized spacial score (nSPS) is 26.0. The number of benzene rings is 2. The molecule has 3 N–H and O–H groups in total. The summed E-state index contributed by atoms with van der Waals surface area (Å²) >= 11 is 0. The van der Waals surface area contributed by atoms with Crippen LogP contribution in [0.2, 0.25) is 0 Å². The summed E-state index contributed by atoms with van der Waals surface area (Å²) in [6, 6.07) is 17.6. The highest BCUT2D eigenvalue weighted by molar-refractivity contribution is 5.93. The average molecular weight is 522 g/mol. The molecule has 0 spiro atoms. The molecule has 4 amide bonds. The first-order chi connectivity index (χ1) is 18.3. The first-order valence-electron chi connectivity index (χ1n) is 12.9. The zero-order valence-corrected chi connectivity index (χ0v) is 21.8. The largest absolute Gasteiger partial charge is 0.361 e. The second-order valence-electron chi connectivity index (χ2n) is 9.91. The SMILES string of the molecule is C[C@H]1NC(=O)CN(C)C(=O)[C@@H](Cc2ccccc2)NC(=O)[C@H]2CN(Cc3ccccc3)C[C@H](CNC1=O)O2. The van der Waals surface area contributed by atoms with Crippen LogP contribution in [0.5, 0.6) is 0 Å². The summed E-state index contributed by atoms with van der Waals surface area (Å²) in [7, 11) is 1.50. The maximum Gasteiger partial charge on any atom is 0.251 e. The fourth-order valence-corrected chi connectivity index (χ4v) is 4.74. The Balaban J connectivity index is 1.59. The molecule has 10 heteroatoms. The number of fused-ring (bicyclic) bond motifs is 2. The van der Waals surface area contributed by atoms with Crippen molar-refractivity contribution >= 4 is 23.6 Å². The van der Waals surface area contributed by atoms with Gasteiger partial charge < -0.3 is 25.6 Å². The molecule has 2 saturated heterocycles. The van der Waals surface area contributed by atoms with Gasteiger partial charge in [0.15, 0.2) is 0 Å². The van der Waals surface area contributed by atoms with Gasteiger partial charge in [0.1, 0.15) is 18.2 Å². The number of morpholine rings is 1. The van der Waals surface area contributed by atoms with E-state index in [-0.39, 0.29) is 25.4 Å². The zero-order chi connectivity index (χ0) is 27.1. The highest BCUT2D eigenvalue weighted by Crippen LogP contribution is 2.16. The van der Waals surface area contributed by atoms with Crippen molar-refractivity contribution in [3.8, 4) is 0 Å². The number of carbonyl (C=O) groups excluding carboxylic acids is 4. The van der Waals surface area contributed by atoms with Gasteiger partial charge in [-0.15, -0.1) is 0 Å². The van der Waals surface area contributed by atoms with Crippen molar-refractivity contribution in [1.29, 1.82) is 0 Å². The van der Waals surface area contributed by atoms with Crippen LogP contribution >= 0.6 is 0 Å². The Kier molecular flexibility index (Phi) is 9.09. The molecular formula is C28H35N5O5. The van der Waals surface area contributed by atoms with Crippen molar-refractivity contribution in [3.63, 3.8) is 0 Å². The predicted octanol–water partition coefficient (Wildman–Crippen LogP) is 0.0764. The molecule has 0 unspecified atom stereocenters. The van der Waals surface area contributed by atoms with Crippen molar-refractivity contribution in [1.82, 2.24) is 25.8 Å². The first-order valence-corrected chi connectivity index (χ1v) is 12.9. The Bertz CT molecular complexity index is 1130. The number of amides is 4. The molecule has 38 heavy (non-hydrogen) atoms. The van der Waals surface area contributed by atoms with Crippen molar-refractivity contribution in [2.24, 2.45) is 0 Å². The predicted molar refractivity (Wildman–Crippen MR) is 141 cm³/mol.